The quantitative estimate of drug-likeness (QED) is 0.794. The summed E-state index contributed by atoms with van der Waals surface area (Å²) >= 11 is 5.96. The fraction of sp³-hybridized carbons (Fsp3) is 0.278. The van der Waals surface area contributed by atoms with E-state index >= 15 is 0 Å². The molecule has 3 rings (SSSR count). The highest BCUT2D eigenvalue weighted by molar-refractivity contribution is 7.87. The number of carbonyl (C=O) groups is 1. The number of nitrogens with one attached hydrogen (secondary N) is 1. The molecular formula is C18H20ClN3O4S. The van der Waals surface area contributed by atoms with E-state index in [1.807, 2.05) is 6.07 Å². The van der Waals surface area contributed by atoms with Gasteiger partial charge in [0.2, 0.25) is 5.91 Å². The lowest BCUT2D eigenvalue weighted by Crippen LogP contribution is -2.37. The third-order valence-corrected chi connectivity index (χ3v) is 6.36. The van der Waals surface area contributed by atoms with Crippen molar-refractivity contribution in [3.05, 3.63) is 59.1 Å². The monoisotopic (exact) mass is 409 g/mol. The Morgan fingerprint density at radius 3 is 2.52 bits per heavy atom. The first-order valence-corrected chi connectivity index (χ1v) is 10.1. The molecule has 0 bridgehead atoms. The number of nitrogens with zero attached hydrogens (tertiary/aromatic N) is 2. The van der Waals surface area contributed by atoms with Crippen LogP contribution in [0.25, 0.3) is 0 Å². The van der Waals surface area contributed by atoms with Gasteiger partial charge in [0.1, 0.15) is 5.75 Å². The maximum Gasteiger partial charge on any atom is 0.282 e. The van der Waals surface area contributed by atoms with Crippen LogP contribution in [0.15, 0.2) is 48.5 Å². The largest absolute Gasteiger partial charge is 0.497 e. The van der Waals surface area contributed by atoms with E-state index in [2.05, 4.69) is 5.32 Å². The van der Waals surface area contributed by atoms with Gasteiger partial charge in [0.05, 0.1) is 13.7 Å². The van der Waals surface area contributed by atoms with Crippen molar-refractivity contribution in [2.24, 2.45) is 0 Å². The van der Waals surface area contributed by atoms with Gasteiger partial charge in [-0.1, -0.05) is 23.7 Å². The Morgan fingerprint density at radius 2 is 1.85 bits per heavy atom. The molecule has 1 amide bonds. The first kappa shape index (κ1) is 19.6. The highest BCUT2D eigenvalue weighted by Gasteiger charge is 2.37. The first-order chi connectivity index (χ1) is 12.9. The number of amides is 1. The number of hydrogen-bond donors (Lipinski definition) is 1. The zero-order valence-corrected chi connectivity index (χ0v) is 16.3. The number of hydrogen-bond acceptors (Lipinski definition) is 4. The van der Waals surface area contributed by atoms with Crippen molar-refractivity contribution in [3.63, 3.8) is 0 Å². The van der Waals surface area contributed by atoms with E-state index in [-0.39, 0.29) is 19.6 Å². The van der Waals surface area contributed by atoms with Gasteiger partial charge in [0.15, 0.2) is 0 Å². The molecule has 0 spiro atoms. The number of ether oxygens (including phenoxy) is 1. The van der Waals surface area contributed by atoms with E-state index in [0.29, 0.717) is 23.0 Å². The number of halogens is 1. The molecule has 27 heavy (non-hydrogen) atoms. The third-order valence-electron chi connectivity index (χ3n) is 4.19. The van der Waals surface area contributed by atoms with Crippen LogP contribution in [0.4, 0.5) is 5.69 Å². The highest BCUT2D eigenvalue weighted by atomic mass is 35.5. The van der Waals surface area contributed by atoms with Crippen molar-refractivity contribution in [3.8, 4) is 5.75 Å². The molecule has 2 aromatic carbocycles. The van der Waals surface area contributed by atoms with Gasteiger partial charge < -0.3 is 10.1 Å². The van der Waals surface area contributed by atoms with E-state index in [9.17, 15) is 13.2 Å². The summed E-state index contributed by atoms with van der Waals surface area (Å²) in [5, 5.41) is 3.25. The molecule has 0 atom stereocenters. The lowest BCUT2D eigenvalue weighted by atomic mass is 10.2. The molecule has 1 saturated heterocycles. The van der Waals surface area contributed by atoms with Crippen molar-refractivity contribution < 1.29 is 17.9 Å². The van der Waals surface area contributed by atoms with E-state index in [1.54, 1.807) is 49.6 Å². The molecule has 144 valence electrons. The van der Waals surface area contributed by atoms with Crippen molar-refractivity contribution in [1.82, 2.24) is 8.61 Å². The normalized spacial score (nSPS) is 17.0. The molecule has 0 aromatic heterocycles. The molecule has 1 N–H and O–H groups in total. The fourth-order valence-electron chi connectivity index (χ4n) is 2.81. The number of benzene rings is 2. The topological polar surface area (TPSA) is 79.0 Å². The minimum atomic E-state index is -3.69. The average molecular weight is 410 g/mol. The molecule has 0 radical (unpaired) electrons. The Balaban J connectivity index is 1.61. The predicted molar refractivity (Wildman–Crippen MR) is 104 cm³/mol. The molecule has 0 saturated carbocycles. The SMILES string of the molecule is COc1ccc(NC(=O)CN2CCN(Cc3cccc(Cl)c3)S2(=O)=O)cc1. The molecule has 1 aliphatic rings. The van der Waals surface area contributed by atoms with Crippen molar-refractivity contribution >= 4 is 33.4 Å². The second kappa shape index (κ2) is 8.26. The Morgan fingerprint density at radius 1 is 1.15 bits per heavy atom. The Kier molecular flexibility index (Phi) is 6.01. The van der Waals surface area contributed by atoms with Crippen LogP contribution in [0.5, 0.6) is 5.75 Å². The van der Waals surface area contributed by atoms with E-state index < -0.39 is 16.1 Å². The highest BCUT2D eigenvalue weighted by Crippen LogP contribution is 2.21. The second-order valence-electron chi connectivity index (χ2n) is 6.08. The zero-order valence-electron chi connectivity index (χ0n) is 14.8. The molecule has 0 aliphatic carbocycles. The second-order valence-corrected chi connectivity index (χ2v) is 8.45. The maximum atomic E-state index is 12.7. The molecule has 1 fully saturated rings. The van der Waals surface area contributed by atoms with Gasteiger partial charge in [0, 0.05) is 30.3 Å². The van der Waals surface area contributed by atoms with Crippen LogP contribution >= 0.6 is 11.6 Å². The van der Waals surface area contributed by atoms with Crippen LogP contribution < -0.4 is 10.1 Å². The summed E-state index contributed by atoms with van der Waals surface area (Å²) in [6.45, 7) is 0.573. The van der Waals surface area contributed by atoms with Crippen LogP contribution in [-0.4, -0.2) is 49.7 Å². The van der Waals surface area contributed by atoms with Gasteiger partial charge in [-0.15, -0.1) is 0 Å². The van der Waals surface area contributed by atoms with Gasteiger partial charge in [0.25, 0.3) is 10.2 Å². The van der Waals surface area contributed by atoms with Crippen LogP contribution in [0.3, 0.4) is 0 Å². The van der Waals surface area contributed by atoms with Crippen LogP contribution in [0.2, 0.25) is 5.02 Å². The van der Waals surface area contributed by atoms with E-state index in [0.717, 1.165) is 5.56 Å². The third kappa shape index (κ3) is 4.78. The van der Waals surface area contributed by atoms with Gasteiger partial charge in [-0.3, -0.25) is 4.79 Å². The van der Waals surface area contributed by atoms with Crippen molar-refractivity contribution in [2.45, 2.75) is 6.54 Å². The van der Waals surface area contributed by atoms with Crippen LogP contribution in [0.1, 0.15) is 5.56 Å². The predicted octanol–water partition coefficient (Wildman–Crippen LogP) is 2.35. The Hall–Kier alpha value is -2.13. The summed E-state index contributed by atoms with van der Waals surface area (Å²) in [6, 6.07) is 13.9. The number of rotatable bonds is 6. The van der Waals surface area contributed by atoms with Gasteiger partial charge in [-0.05, 0) is 42.0 Å². The van der Waals surface area contributed by atoms with Gasteiger partial charge in [-0.2, -0.15) is 17.0 Å². The smallest absolute Gasteiger partial charge is 0.282 e. The first-order valence-electron chi connectivity index (χ1n) is 8.32. The Labute approximate surface area is 163 Å². The molecule has 1 heterocycles. The Bertz CT molecular complexity index is 918. The molecule has 2 aromatic rings. The zero-order chi connectivity index (χ0) is 19.4. The van der Waals surface area contributed by atoms with Crippen molar-refractivity contribution in [2.75, 3.05) is 32.1 Å². The summed E-state index contributed by atoms with van der Waals surface area (Å²) < 4.78 is 32.9. The summed E-state index contributed by atoms with van der Waals surface area (Å²) in [5.74, 6) is 0.278. The number of methoxy groups -OCH3 is 1. The molecule has 7 nitrogen and oxygen atoms in total. The maximum absolute atomic E-state index is 12.7. The molecule has 1 aliphatic heterocycles. The lowest BCUT2D eigenvalue weighted by Gasteiger charge is -2.18. The minimum absolute atomic E-state index is 0.222. The van der Waals surface area contributed by atoms with E-state index in [1.165, 1.54) is 8.61 Å². The summed E-state index contributed by atoms with van der Waals surface area (Å²) in [6.07, 6.45) is 0. The summed E-state index contributed by atoms with van der Waals surface area (Å²) in [7, 11) is -2.14. The average Bonchev–Trinajstić information content (AvgIpc) is 2.90. The van der Waals surface area contributed by atoms with E-state index in [4.69, 9.17) is 16.3 Å². The van der Waals surface area contributed by atoms with Gasteiger partial charge in [-0.25, -0.2) is 0 Å². The molecular weight excluding hydrogens is 390 g/mol. The van der Waals surface area contributed by atoms with Crippen LogP contribution in [0, 0.1) is 0 Å². The minimum Gasteiger partial charge on any atom is -0.497 e. The summed E-state index contributed by atoms with van der Waals surface area (Å²) in [5.41, 5.74) is 1.38. The lowest BCUT2D eigenvalue weighted by molar-refractivity contribution is -0.116. The molecule has 9 heteroatoms. The molecule has 0 unspecified atom stereocenters. The standard InChI is InChI=1S/C18H20ClN3O4S/c1-26-17-7-5-16(6-8-17)20-18(23)13-22-10-9-21(27(22,24)25)12-14-3-2-4-15(19)11-14/h2-8,11H,9-10,12-13H2,1H3,(H,20,23). The fourth-order valence-corrected chi connectivity index (χ4v) is 4.57. The van der Waals surface area contributed by atoms with Crippen LogP contribution in [-0.2, 0) is 21.5 Å². The van der Waals surface area contributed by atoms with Gasteiger partial charge >= 0.3 is 0 Å². The summed E-state index contributed by atoms with van der Waals surface area (Å²) in [4.78, 5) is 12.2. The van der Waals surface area contributed by atoms with Crippen molar-refractivity contribution in [1.29, 1.82) is 0 Å². The number of anilines is 1. The number of carbonyl (C=O) groups excluding carboxylic acids is 1.